The number of nitrogens with zero attached hydrogens (tertiary/aromatic N) is 5. The Bertz CT molecular complexity index is 1180. The molecule has 0 aliphatic carbocycles. The molecule has 31 heavy (non-hydrogen) atoms. The van der Waals surface area contributed by atoms with E-state index in [1.807, 2.05) is 83.2 Å². The molecule has 4 rings (SSSR count). The first-order valence-corrected chi connectivity index (χ1v) is 10.6. The van der Waals surface area contributed by atoms with Crippen molar-refractivity contribution >= 4 is 28.9 Å². The van der Waals surface area contributed by atoms with Crippen LogP contribution in [0.5, 0.6) is 5.75 Å². The highest BCUT2D eigenvalue weighted by Crippen LogP contribution is 2.40. The number of imidazole rings is 1. The number of methoxy groups -OCH3 is 1. The highest BCUT2D eigenvalue weighted by molar-refractivity contribution is 7.99. The molecule has 0 fully saturated rings. The molecule has 1 aliphatic heterocycles. The minimum Gasteiger partial charge on any atom is -0.497 e. The predicted molar refractivity (Wildman–Crippen MR) is 122 cm³/mol. The molecule has 2 heterocycles. The zero-order valence-corrected chi connectivity index (χ0v) is 18.3. The van der Waals surface area contributed by atoms with Gasteiger partial charge in [-0.05, 0) is 24.3 Å². The maximum absolute atomic E-state index is 13.0. The van der Waals surface area contributed by atoms with E-state index in [4.69, 9.17) is 4.74 Å². The van der Waals surface area contributed by atoms with Gasteiger partial charge in [0, 0.05) is 32.6 Å². The smallest absolute Gasteiger partial charge is 0.187 e. The lowest BCUT2D eigenvalue weighted by molar-refractivity contribution is -0.112. The molecule has 0 amide bonds. The van der Waals surface area contributed by atoms with E-state index in [0.29, 0.717) is 11.0 Å². The van der Waals surface area contributed by atoms with E-state index in [1.54, 1.807) is 13.3 Å². The number of para-hydroxylation sites is 2. The van der Waals surface area contributed by atoms with Crippen molar-refractivity contribution in [3.05, 3.63) is 72.3 Å². The molecule has 0 bridgehead atoms. The number of Topliss-reactive ketones (excluding diaryl/α,β-unsaturated/α-hetero) is 1. The fourth-order valence-electron chi connectivity index (χ4n) is 3.61. The first kappa shape index (κ1) is 20.6. The average Bonchev–Trinajstić information content (AvgIpc) is 3.37. The van der Waals surface area contributed by atoms with Crippen molar-refractivity contribution in [1.82, 2.24) is 9.55 Å². The van der Waals surface area contributed by atoms with Gasteiger partial charge >= 0.3 is 0 Å². The highest BCUT2D eigenvalue weighted by atomic mass is 32.2. The van der Waals surface area contributed by atoms with Crippen molar-refractivity contribution in [2.45, 2.75) is 5.16 Å². The summed E-state index contributed by atoms with van der Waals surface area (Å²) in [5.74, 6) is 1.19. The maximum atomic E-state index is 13.0. The van der Waals surface area contributed by atoms with Crippen LogP contribution in [0.3, 0.4) is 0 Å². The molecule has 2 aromatic carbocycles. The summed E-state index contributed by atoms with van der Waals surface area (Å²) in [4.78, 5) is 21.2. The molecule has 0 atom stereocenters. The Morgan fingerprint density at radius 2 is 1.84 bits per heavy atom. The van der Waals surface area contributed by atoms with E-state index in [1.165, 1.54) is 11.8 Å². The number of hydrogen-bond donors (Lipinski definition) is 0. The van der Waals surface area contributed by atoms with Crippen LogP contribution < -0.4 is 14.5 Å². The Morgan fingerprint density at radius 3 is 2.48 bits per heavy atom. The number of ketones is 1. The van der Waals surface area contributed by atoms with Crippen LogP contribution in [-0.4, -0.2) is 42.3 Å². The lowest BCUT2D eigenvalue weighted by atomic mass is 10.2. The Balaban J connectivity index is 1.57. The minimum atomic E-state index is -0.241. The quantitative estimate of drug-likeness (QED) is 0.333. The normalized spacial score (nSPS) is 12.5. The Hall–Kier alpha value is -3.70. The Labute approximate surface area is 185 Å². The summed E-state index contributed by atoms with van der Waals surface area (Å²) < 4.78 is 7.19. The number of hydrogen-bond acceptors (Lipinski definition) is 7. The van der Waals surface area contributed by atoms with Crippen LogP contribution in [0.2, 0.25) is 0 Å². The Kier molecular flexibility index (Phi) is 5.69. The molecule has 8 heteroatoms. The maximum Gasteiger partial charge on any atom is 0.187 e. The van der Waals surface area contributed by atoms with Crippen LogP contribution >= 0.6 is 11.8 Å². The van der Waals surface area contributed by atoms with E-state index in [9.17, 15) is 10.1 Å². The highest BCUT2D eigenvalue weighted by Gasteiger charge is 2.31. The van der Waals surface area contributed by atoms with E-state index in [2.05, 4.69) is 11.1 Å². The third-order valence-corrected chi connectivity index (χ3v) is 6.09. The summed E-state index contributed by atoms with van der Waals surface area (Å²) in [5.41, 5.74) is 2.94. The molecule has 1 aliphatic rings. The summed E-state index contributed by atoms with van der Waals surface area (Å²) in [6.07, 6.45) is 3.52. The van der Waals surface area contributed by atoms with Gasteiger partial charge in [-0.3, -0.25) is 9.36 Å². The summed E-state index contributed by atoms with van der Waals surface area (Å²) in [5, 5.41) is 10.5. The number of thioether (sulfide) groups is 1. The van der Waals surface area contributed by atoms with Gasteiger partial charge in [0.1, 0.15) is 23.2 Å². The molecule has 0 saturated carbocycles. The number of carbonyl (C=O) groups excluding carboxylic acids is 1. The molecule has 0 saturated heterocycles. The summed E-state index contributed by atoms with van der Waals surface area (Å²) >= 11 is 1.30. The monoisotopic (exact) mass is 431 g/mol. The third kappa shape index (κ3) is 3.76. The van der Waals surface area contributed by atoms with Gasteiger partial charge in [0.15, 0.2) is 10.9 Å². The fourth-order valence-corrected chi connectivity index (χ4v) is 4.46. The standard InChI is InChI=1S/C23H21N5O2S/c1-26-19-9-4-5-10-20(19)27(2)22(26)18(14-24)21(29)15-31-23-25-11-12-28(23)16-7-6-8-17(13-16)30-3/h4-13H,15H2,1-3H3. The second-order valence-corrected chi connectivity index (χ2v) is 7.85. The molecule has 0 radical (unpaired) electrons. The number of anilines is 2. The van der Waals surface area contributed by atoms with Crippen molar-refractivity contribution in [1.29, 1.82) is 5.26 Å². The first-order chi connectivity index (χ1) is 15.0. The number of carbonyl (C=O) groups is 1. The van der Waals surface area contributed by atoms with Crippen LogP contribution in [0.15, 0.2) is 77.5 Å². The molecule has 156 valence electrons. The van der Waals surface area contributed by atoms with Crippen LogP contribution in [0.1, 0.15) is 0 Å². The second kappa shape index (κ2) is 8.58. The third-order valence-electron chi connectivity index (χ3n) is 5.12. The molecule has 7 nitrogen and oxygen atoms in total. The van der Waals surface area contributed by atoms with E-state index in [-0.39, 0.29) is 17.1 Å². The van der Waals surface area contributed by atoms with E-state index in [0.717, 1.165) is 22.8 Å². The zero-order valence-electron chi connectivity index (χ0n) is 17.4. The lowest BCUT2D eigenvalue weighted by Crippen LogP contribution is -2.26. The van der Waals surface area contributed by atoms with Crippen molar-refractivity contribution in [3.63, 3.8) is 0 Å². The van der Waals surface area contributed by atoms with Crippen LogP contribution in [0.4, 0.5) is 11.4 Å². The zero-order chi connectivity index (χ0) is 22.0. The second-order valence-electron chi connectivity index (χ2n) is 6.91. The SMILES string of the molecule is COc1cccc(-n2ccnc2SCC(=O)C(C#N)=C2N(C)c3ccccc3N2C)c1. The van der Waals surface area contributed by atoms with Gasteiger partial charge in [-0.1, -0.05) is 30.0 Å². The molecule has 0 spiro atoms. The molecular formula is C23H21N5O2S. The van der Waals surface area contributed by atoms with Crippen molar-refractivity contribution < 1.29 is 9.53 Å². The largest absolute Gasteiger partial charge is 0.497 e. The van der Waals surface area contributed by atoms with Crippen LogP contribution in [0.25, 0.3) is 5.69 Å². The molecule has 1 aromatic heterocycles. The number of aromatic nitrogens is 2. The van der Waals surface area contributed by atoms with Crippen LogP contribution in [0, 0.1) is 11.3 Å². The fraction of sp³-hybridized carbons (Fsp3) is 0.174. The average molecular weight is 432 g/mol. The molecule has 0 N–H and O–H groups in total. The first-order valence-electron chi connectivity index (χ1n) is 9.59. The molecular weight excluding hydrogens is 410 g/mol. The topological polar surface area (TPSA) is 74.4 Å². The van der Waals surface area contributed by atoms with Gasteiger partial charge in [0.25, 0.3) is 0 Å². The van der Waals surface area contributed by atoms with E-state index >= 15 is 0 Å². The summed E-state index contributed by atoms with van der Waals surface area (Å²) in [6.45, 7) is 0. The number of ether oxygens (including phenoxy) is 1. The number of benzene rings is 2. The minimum absolute atomic E-state index is 0.103. The van der Waals surface area contributed by atoms with Gasteiger partial charge in [0.05, 0.1) is 29.9 Å². The van der Waals surface area contributed by atoms with Crippen molar-refractivity contribution in [3.8, 4) is 17.5 Å². The number of fused-ring (bicyclic) bond motifs is 1. The van der Waals surface area contributed by atoms with Gasteiger partial charge in [-0.25, -0.2) is 4.98 Å². The van der Waals surface area contributed by atoms with E-state index < -0.39 is 0 Å². The van der Waals surface area contributed by atoms with Crippen molar-refractivity contribution in [2.75, 3.05) is 36.8 Å². The lowest BCUT2D eigenvalue weighted by Gasteiger charge is -2.19. The Morgan fingerprint density at radius 1 is 1.13 bits per heavy atom. The summed E-state index contributed by atoms with van der Waals surface area (Å²) in [7, 11) is 5.35. The van der Waals surface area contributed by atoms with Gasteiger partial charge < -0.3 is 14.5 Å². The predicted octanol–water partition coefficient (Wildman–Crippen LogP) is 3.86. The summed E-state index contributed by atoms with van der Waals surface area (Å²) in [6, 6.07) is 17.5. The van der Waals surface area contributed by atoms with Crippen molar-refractivity contribution in [2.24, 2.45) is 0 Å². The van der Waals surface area contributed by atoms with Crippen LogP contribution in [-0.2, 0) is 4.79 Å². The number of nitriles is 1. The van der Waals surface area contributed by atoms with Gasteiger partial charge in [-0.2, -0.15) is 5.26 Å². The molecule has 0 unspecified atom stereocenters. The van der Waals surface area contributed by atoms with Gasteiger partial charge in [0.2, 0.25) is 0 Å². The molecule has 3 aromatic rings. The number of allylic oxidation sites excluding steroid dienone is 1. The number of rotatable bonds is 6. The van der Waals surface area contributed by atoms with Gasteiger partial charge in [-0.15, -0.1) is 0 Å².